The molecule has 0 saturated heterocycles. The Morgan fingerprint density at radius 2 is 1.86 bits per heavy atom. The van der Waals surface area contributed by atoms with Crippen LogP contribution in [0.2, 0.25) is 0 Å². The summed E-state index contributed by atoms with van der Waals surface area (Å²) in [6.45, 7) is 5.18. The van der Waals surface area contributed by atoms with Gasteiger partial charge < -0.3 is 14.3 Å². The van der Waals surface area contributed by atoms with Crippen LogP contribution in [-0.4, -0.2) is 23.3 Å². The fourth-order valence-corrected chi connectivity index (χ4v) is 9.65. The number of aromatic nitrogens is 1. The van der Waals surface area contributed by atoms with Crippen molar-refractivity contribution in [3.8, 4) is 5.75 Å². The van der Waals surface area contributed by atoms with Gasteiger partial charge >= 0.3 is 5.63 Å². The Balaban J connectivity index is 1.12. The third kappa shape index (κ3) is 3.92. The van der Waals surface area contributed by atoms with E-state index in [1.807, 2.05) is 6.07 Å². The highest BCUT2D eigenvalue weighted by atomic mass is 16.5. The highest BCUT2D eigenvalue weighted by molar-refractivity contribution is 5.78. The molecule has 1 aromatic heterocycles. The van der Waals surface area contributed by atoms with Crippen molar-refractivity contribution in [2.75, 3.05) is 7.11 Å². The number of aryl methyl sites for hydroxylation is 1. The highest BCUT2D eigenvalue weighted by Gasteiger charge is 2.59. The fourth-order valence-electron chi connectivity index (χ4n) is 9.65. The van der Waals surface area contributed by atoms with Gasteiger partial charge in [-0.15, -0.1) is 0 Å². The van der Waals surface area contributed by atoms with Crippen molar-refractivity contribution in [1.29, 1.82) is 0 Å². The number of hydrogen-bond donors (Lipinski definition) is 1. The second-order valence-corrected chi connectivity index (χ2v) is 13.1. The summed E-state index contributed by atoms with van der Waals surface area (Å²) in [6.07, 6.45) is 14.3. The molecule has 0 aliphatic heterocycles. The number of methoxy groups -OCH3 is 1. The van der Waals surface area contributed by atoms with Crippen LogP contribution in [0.1, 0.15) is 90.4 Å². The maximum absolute atomic E-state index is 12.5. The van der Waals surface area contributed by atoms with E-state index in [-0.39, 0.29) is 11.7 Å². The van der Waals surface area contributed by atoms with Crippen LogP contribution in [-0.2, 0) is 6.42 Å². The lowest BCUT2D eigenvalue weighted by molar-refractivity contribution is -0.127. The van der Waals surface area contributed by atoms with Crippen LogP contribution in [0.25, 0.3) is 10.9 Å². The van der Waals surface area contributed by atoms with Crippen LogP contribution < -0.4 is 10.4 Å². The largest absolute Gasteiger partial charge is 0.497 e. The number of fused-ring (bicyclic) bond motifs is 6. The van der Waals surface area contributed by atoms with Crippen LogP contribution in [0.3, 0.4) is 0 Å². The molecule has 4 saturated carbocycles. The molecule has 6 rings (SSSR count). The minimum atomic E-state index is -0.303. The standard InChI is InChI=1S/C31H43NO4/c1-30-16-14-26-23(10-7-20-17-21(33)13-15-31(20,26)2)25(30)12-8-19(30)5-4-6-28-32-27-18-22(35-3)9-11-24(27)29(34)36-28/h9,11,18-21,23,25-26,33H,4-8,10,12-17H2,1-3H3/t19-,20?,21+,23?,25?,26?,30?,31?/m0/s1. The van der Waals surface area contributed by atoms with Crippen LogP contribution in [0.15, 0.2) is 27.4 Å². The minimum Gasteiger partial charge on any atom is -0.497 e. The quantitative estimate of drug-likeness (QED) is 0.512. The van der Waals surface area contributed by atoms with E-state index in [1.54, 1.807) is 19.2 Å². The molecule has 2 aromatic rings. The van der Waals surface area contributed by atoms with Crippen molar-refractivity contribution in [2.45, 2.75) is 97.0 Å². The Bertz CT molecular complexity index is 1170. The molecule has 0 radical (unpaired) electrons. The number of rotatable bonds is 5. The summed E-state index contributed by atoms with van der Waals surface area (Å²) >= 11 is 0. The van der Waals surface area contributed by atoms with E-state index in [4.69, 9.17) is 9.15 Å². The first kappa shape index (κ1) is 24.5. The summed E-state index contributed by atoms with van der Waals surface area (Å²) in [5.41, 5.74) is 1.25. The number of hydrogen-bond acceptors (Lipinski definition) is 5. The molecule has 4 aliphatic rings. The van der Waals surface area contributed by atoms with Gasteiger partial charge in [0.25, 0.3) is 0 Å². The molecular weight excluding hydrogens is 450 g/mol. The predicted octanol–water partition coefficient (Wildman–Crippen LogP) is 6.54. The summed E-state index contributed by atoms with van der Waals surface area (Å²) < 4.78 is 10.9. The Morgan fingerprint density at radius 1 is 1.06 bits per heavy atom. The molecule has 0 amide bonds. The second kappa shape index (κ2) is 9.15. The predicted molar refractivity (Wildman–Crippen MR) is 141 cm³/mol. The van der Waals surface area contributed by atoms with E-state index in [2.05, 4.69) is 18.8 Å². The van der Waals surface area contributed by atoms with Crippen LogP contribution in [0, 0.1) is 40.4 Å². The third-order valence-electron chi connectivity index (χ3n) is 11.7. The highest BCUT2D eigenvalue weighted by Crippen LogP contribution is 2.67. The second-order valence-electron chi connectivity index (χ2n) is 13.1. The van der Waals surface area contributed by atoms with Gasteiger partial charge in [-0.1, -0.05) is 13.8 Å². The molecule has 1 aromatic carbocycles. The number of aliphatic hydroxyl groups is 1. The maximum Gasteiger partial charge on any atom is 0.346 e. The Kier molecular flexibility index (Phi) is 6.21. The lowest BCUT2D eigenvalue weighted by Gasteiger charge is -2.61. The van der Waals surface area contributed by atoms with E-state index in [1.165, 1.54) is 51.4 Å². The maximum atomic E-state index is 12.5. The van der Waals surface area contributed by atoms with E-state index in [0.717, 1.165) is 48.9 Å². The van der Waals surface area contributed by atoms with Crippen molar-refractivity contribution < 1.29 is 14.3 Å². The van der Waals surface area contributed by atoms with Gasteiger partial charge in [-0.3, -0.25) is 0 Å². The van der Waals surface area contributed by atoms with E-state index in [9.17, 15) is 9.90 Å². The van der Waals surface area contributed by atoms with Gasteiger partial charge in [0.15, 0.2) is 5.89 Å². The summed E-state index contributed by atoms with van der Waals surface area (Å²) in [5.74, 6) is 5.33. The lowest BCUT2D eigenvalue weighted by atomic mass is 9.44. The summed E-state index contributed by atoms with van der Waals surface area (Å²) in [4.78, 5) is 17.1. The zero-order valence-corrected chi connectivity index (χ0v) is 22.3. The molecule has 0 bridgehead atoms. The normalized spacial score (nSPS) is 39.9. The van der Waals surface area contributed by atoms with Crippen molar-refractivity contribution in [3.05, 3.63) is 34.5 Å². The first-order valence-electron chi connectivity index (χ1n) is 14.5. The summed E-state index contributed by atoms with van der Waals surface area (Å²) in [7, 11) is 1.63. The van der Waals surface area contributed by atoms with Gasteiger partial charge in [0.05, 0.1) is 24.1 Å². The van der Waals surface area contributed by atoms with Crippen LogP contribution in [0.4, 0.5) is 0 Å². The molecule has 36 heavy (non-hydrogen) atoms. The minimum absolute atomic E-state index is 0.0621. The Labute approximate surface area is 215 Å². The SMILES string of the molecule is COc1ccc2c(=O)oc(CCC[C@H]3CCC4C5CCC6C[C@H](O)CCC6(C)C5CCC43C)nc2c1. The molecule has 4 fully saturated rings. The first-order chi connectivity index (χ1) is 17.3. The molecule has 6 unspecified atom stereocenters. The summed E-state index contributed by atoms with van der Waals surface area (Å²) in [5, 5.41) is 10.8. The van der Waals surface area contributed by atoms with Gasteiger partial charge in [0.2, 0.25) is 0 Å². The molecule has 1 N–H and O–H groups in total. The zero-order valence-electron chi connectivity index (χ0n) is 22.3. The molecule has 8 atom stereocenters. The third-order valence-corrected chi connectivity index (χ3v) is 11.7. The topological polar surface area (TPSA) is 72.6 Å². The Hall–Kier alpha value is -1.88. The van der Waals surface area contributed by atoms with Crippen molar-refractivity contribution >= 4 is 10.9 Å². The van der Waals surface area contributed by atoms with Crippen molar-refractivity contribution in [2.24, 2.45) is 40.4 Å². The van der Waals surface area contributed by atoms with E-state index in [0.29, 0.717) is 39.8 Å². The van der Waals surface area contributed by atoms with Crippen molar-refractivity contribution in [3.63, 3.8) is 0 Å². The zero-order chi connectivity index (χ0) is 25.1. The number of aliphatic hydroxyl groups excluding tert-OH is 1. The van der Waals surface area contributed by atoms with Gasteiger partial charge in [-0.2, -0.15) is 0 Å². The van der Waals surface area contributed by atoms with Crippen LogP contribution >= 0.6 is 0 Å². The lowest BCUT2D eigenvalue weighted by Crippen LogP contribution is -2.53. The van der Waals surface area contributed by atoms with Crippen molar-refractivity contribution in [1.82, 2.24) is 4.98 Å². The Morgan fingerprint density at radius 3 is 2.69 bits per heavy atom. The van der Waals surface area contributed by atoms with Gasteiger partial charge in [-0.05, 0) is 123 Å². The monoisotopic (exact) mass is 493 g/mol. The first-order valence-corrected chi connectivity index (χ1v) is 14.5. The number of benzene rings is 1. The average molecular weight is 494 g/mol. The number of ether oxygens (including phenoxy) is 1. The van der Waals surface area contributed by atoms with E-state index >= 15 is 0 Å². The van der Waals surface area contributed by atoms with E-state index < -0.39 is 0 Å². The molecule has 5 heteroatoms. The van der Waals surface area contributed by atoms with Gasteiger partial charge in [-0.25, -0.2) is 9.78 Å². The molecule has 5 nitrogen and oxygen atoms in total. The molecule has 1 heterocycles. The molecular formula is C31H43NO4. The molecule has 4 aliphatic carbocycles. The average Bonchev–Trinajstić information content (AvgIpc) is 3.20. The van der Waals surface area contributed by atoms with Gasteiger partial charge in [0.1, 0.15) is 5.75 Å². The number of nitrogens with zero attached hydrogens (tertiary/aromatic N) is 1. The smallest absolute Gasteiger partial charge is 0.346 e. The van der Waals surface area contributed by atoms with Crippen LogP contribution in [0.5, 0.6) is 5.75 Å². The van der Waals surface area contributed by atoms with Gasteiger partial charge in [0, 0.05) is 12.5 Å². The molecule has 196 valence electrons. The molecule has 0 spiro atoms. The fraction of sp³-hybridized carbons (Fsp3) is 0.742. The summed E-state index contributed by atoms with van der Waals surface area (Å²) in [6, 6.07) is 5.33.